The van der Waals surface area contributed by atoms with E-state index in [0.717, 1.165) is 6.08 Å². The quantitative estimate of drug-likeness (QED) is 0.435. The molecule has 22 heavy (non-hydrogen) atoms. The highest BCUT2D eigenvalue weighted by Crippen LogP contribution is 2.34. The summed E-state index contributed by atoms with van der Waals surface area (Å²) in [5.74, 6) is -1.92. The molecule has 0 aromatic carbocycles. The number of carbonyl (C=O) groups excluding carboxylic acids is 3. The molecule has 0 heterocycles. The fourth-order valence-electron chi connectivity index (χ4n) is 1.96. The van der Waals surface area contributed by atoms with Gasteiger partial charge in [-0.1, -0.05) is 13.5 Å². The first-order valence-corrected chi connectivity index (χ1v) is 7.15. The van der Waals surface area contributed by atoms with Crippen molar-refractivity contribution in [1.29, 1.82) is 0 Å². The zero-order valence-electron chi connectivity index (χ0n) is 14.5. The number of hydrogen-bond acceptors (Lipinski definition) is 6. The van der Waals surface area contributed by atoms with Crippen molar-refractivity contribution in [3.8, 4) is 0 Å². The minimum absolute atomic E-state index is 0.0849. The van der Waals surface area contributed by atoms with Gasteiger partial charge < -0.3 is 9.84 Å². The molecule has 0 saturated carbocycles. The highest BCUT2D eigenvalue weighted by atomic mass is 16.6. The minimum Gasteiger partial charge on any atom is -0.392 e. The first-order chi connectivity index (χ1) is 9.76. The lowest BCUT2D eigenvalue weighted by atomic mass is 9.77. The SMILES string of the molecule is C=CC(=O)C(C)(O)C(C)(C)N(C)C(C)(C)C(=O)OC(=O)CC. The van der Waals surface area contributed by atoms with Crippen molar-refractivity contribution in [2.75, 3.05) is 7.05 Å². The molecule has 0 aromatic rings. The van der Waals surface area contributed by atoms with Crippen LogP contribution in [0.4, 0.5) is 0 Å². The summed E-state index contributed by atoms with van der Waals surface area (Å²) in [6.45, 7) is 12.7. The summed E-state index contributed by atoms with van der Waals surface area (Å²) in [4.78, 5) is 37.0. The van der Waals surface area contributed by atoms with Gasteiger partial charge in [0.15, 0.2) is 5.78 Å². The third-order valence-electron chi connectivity index (χ3n) is 4.53. The van der Waals surface area contributed by atoms with Gasteiger partial charge in [0.05, 0.1) is 5.54 Å². The fraction of sp³-hybridized carbons (Fsp3) is 0.688. The van der Waals surface area contributed by atoms with Gasteiger partial charge in [0.1, 0.15) is 11.1 Å². The largest absolute Gasteiger partial charge is 0.392 e. The van der Waals surface area contributed by atoms with Gasteiger partial charge in [0.2, 0.25) is 0 Å². The van der Waals surface area contributed by atoms with Gasteiger partial charge in [-0.25, -0.2) is 4.79 Å². The highest BCUT2D eigenvalue weighted by molar-refractivity contribution is 5.97. The van der Waals surface area contributed by atoms with E-state index in [2.05, 4.69) is 6.58 Å². The van der Waals surface area contributed by atoms with Crippen molar-refractivity contribution in [3.63, 3.8) is 0 Å². The Morgan fingerprint density at radius 1 is 1.18 bits per heavy atom. The Morgan fingerprint density at radius 2 is 1.64 bits per heavy atom. The number of esters is 2. The summed E-state index contributed by atoms with van der Waals surface area (Å²) < 4.78 is 4.77. The average Bonchev–Trinajstić information content (AvgIpc) is 2.44. The van der Waals surface area contributed by atoms with E-state index in [9.17, 15) is 19.5 Å². The molecular weight excluding hydrogens is 286 g/mol. The molecule has 0 radical (unpaired) electrons. The Balaban J connectivity index is 5.57. The van der Waals surface area contributed by atoms with Gasteiger partial charge in [0, 0.05) is 6.42 Å². The first kappa shape index (κ1) is 20.5. The van der Waals surface area contributed by atoms with Gasteiger partial charge >= 0.3 is 11.9 Å². The molecule has 6 heteroatoms. The number of ketones is 1. The number of aliphatic hydroxyl groups is 1. The second-order valence-electron chi connectivity index (χ2n) is 6.43. The van der Waals surface area contributed by atoms with Crippen molar-refractivity contribution in [1.82, 2.24) is 4.90 Å². The van der Waals surface area contributed by atoms with E-state index in [1.165, 1.54) is 11.8 Å². The van der Waals surface area contributed by atoms with E-state index in [0.29, 0.717) is 0 Å². The van der Waals surface area contributed by atoms with E-state index >= 15 is 0 Å². The van der Waals surface area contributed by atoms with Crippen molar-refractivity contribution < 1.29 is 24.2 Å². The smallest absolute Gasteiger partial charge is 0.333 e. The van der Waals surface area contributed by atoms with Crippen LogP contribution in [-0.2, 0) is 19.1 Å². The molecule has 6 nitrogen and oxygen atoms in total. The van der Waals surface area contributed by atoms with Gasteiger partial charge in [-0.3, -0.25) is 14.5 Å². The van der Waals surface area contributed by atoms with Crippen molar-refractivity contribution in [2.45, 2.75) is 64.6 Å². The van der Waals surface area contributed by atoms with E-state index in [-0.39, 0.29) is 6.42 Å². The van der Waals surface area contributed by atoms with Gasteiger partial charge in [-0.15, -0.1) is 0 Å². The first-order valence-electron chi connectivity index (χ1n) is 7.15. The molecule has 1 unspecified atom stereocenters. The molecule has 0 spiro atoms. The van der Waals surface area contributed by atoms with E-state index in [4.69, 9.17) is 4.74 Å². The molecular formula is C16H27NO5. The van der Waals surface area contributed by atoms with Crippen LogP contribution in [-0.4, -0.2) is 51.5 Å². The van der Waals surface area contributed by atoms with Gasteiger partial charge in [-0.05, 0) is 47.7 Å². The Kier molecular flexibility index (Phi) is 6.24. The monoisotopic (exact) mass is 313 g/mol. The Labute approximate surface area is 132 Å². The number of ether oxygens (including phenoxy) is 1. The number of carbonyl (C=O) groups is 3. The predicted molar refractivity (Wildman–Crippen MR) is 83.1 cm³/mol. The zero-order chi connectivity index (χ0) is 17.9. The third-order valence-corrected chi connectivity index (χ3v) is 4.53. The summed E-state index contributed by atoms with van der Waals surface area (Å²) in [6, 6.07) is 0. The molecule has 0 fully saturated rings. The lowest BCUT2D eigenvalue weighted by Gasteiger charge is -2.50. The second-order valence-corrected chi connectivity index (χ2v) is 6.43. The number of likely N-dealkylation sites (N-methyl/N-ethyl adjacent to an activating group) is 1. The van der Waals surface area contributed by atoms with Crippen LogP contribution in [0.15, 0.2) is 12.7 Å². The normalized spacial score (nSPS) is 15.1. The zero-order valence-corrected chi connectivity index (χ0v) is 14.5. The summed E-state index contributed by atoms with van der Waals surface area (Å²) in [6.07, 6.45) is 1.13. The van der Waals surface area contributed by atoms with Crippen LogP contribution in [0.25, 0.3) is 0 Å². The molecule has 0 aliphatic heterocycles. The Morgan fingerprint density at radius 3 is 2.00 bits per heavy atom. The van der Waals surface area contributed by atoms with Crippen LogP contribution >= 0.6 is 0 Å². The summed E-state index contributed by atoms with van der Waals surface area (Å²) >= 11 is 0. The maximum absolute atomic E-state index is 12.2. The summed E-state index contributed by atoms with van der Waals surface area (Å²) in [7, 11) is 1.59. The molecule has 0 bridgehead atoms. The van der Waals surface area contributed by atoms with Crippen LogP contribution in [0, 0.1) is 0 Å². The topological polar surface area (TPSA) is 83.9 Å². The van der Waals surface area contributed by atoms with Crippen molar-refractivity contribution >= 4 is 17.7 Å². The molecule has 0 saturated heterocycles. The Bertz CT molecular complexity index is 477. The maximum atomic E-state index is 12.2. The summed E-state index contributed by atoms with van der Waals surface area (Å²) in [5.41, 5.74) is -4.11. The molecule has 1 atom stereocenters. The van der Waals surface area contributed by atoms with E-state index < -0.39 is 34.4 Å². The lowest BCUT2D eigenvalue weighted by Crippen LogP contribution is -2.68. The average molecular weight is 313 g/mol. The number of rotatable bonds is 7. The number of nitrogens with zero attached hydrogens (tertiary/aromatic N) is 1. The fourth-order valence-corrected chi connectivity index (χ4v) is 1.96. The number of hydrogen-bond donors (Lipinski definition) is 1. The molecule has 0 aromatic heterocycles. The molecule has 0 amide bonds. The van der Waals surface area contributed by atoms with Crippen LogP contribution in [0.5, 0.6) is 0 Å². The van der Waals surface area contributed by atoms with Crippen LogP contribution < -0.4 is 0 Å². The predicted octanol–water partition coefficient (Wildman–Crippen LogP) is 1.46. The molecule has 1 N–H and O–H groups in total. The molecule has 126 valence electrons. The van der Waals surface area contributed by atoms with E-state index in [1.807, 2.05) is 0 Å². The third kappa shape index (κ3) is 3.62. The van der Waals surface area contributed by atoms with Crippen LogP contribution in [0.3, 0.4) is 0 Å². The second kappa shape index (κ2) is 6.71. The van der Waals surface area contributed by atoms with Gasteiger partial charge in [0.25, 0.3) is 0 Å². The Hall–Kier alpha value is -1.53. The lowest BCUT2D eigenvalue weighted by molar-refractivity contribution is -0.176. The van der Waals surface area contributed by atoms with Gasteiger partial charge in [-0.2, -0.15) is 0 Å². The van der Waals surface area contributed by atoms with E-state index in [1.54, 1.807) is 41.7 Å². The minimum atomic E-state index is -1.77. The summed E-state index contributed by atoms with van der Waals surface area (Å²) in [5, 5.41) is 10.6. The maximum Gasteiger partial charge on any atom is 0.333 e. The van der Waals surface area contributed by atoms with Crippen LogP contribution in [0.2, 0.25) is 0 Å². The highest BCUT2D eigenvalue weighted by Gasteiger charge is 2.52. The molecule has 0 aliphatic rings. The molecule has 0 aliphatic carbocycles. The van der Waals surface area contributed by atoms with Crippen LogP contribution in [0.1, 0.15) is 48.0 Å². The standard InChI is InChI=1S/C16H27NO5/c1-9-11(18)16(7,21)15(5,6)17(8)14(3,4)13(20)22-12(19)10-2/h9,21H,1,10H2,2-8H3. The van der Waals surface area contributed by atoms with Crippen molar-refractivity contribution in [3.05, 3.63) is 12.7 Å². The molecule has 0 rings (SSSR count). The van der Waals surface area contributed by atoms with Crippen molar-refractivity contribution in [2.24, 2.45) is 0 Å².